The van der Waals surface area contributed by atoms with Gasteiger partial charge < -0.3 is 10.8 Å². The molecule has 0 amide bonds. The van der Waals surface area contributed by atoms with Crippen molar-refractivity contribution in [2.24, 2.45) is 5.73 Å². The molecule has 3 heteroatoms. The fraction of sp³-hybridized carbons (Fsp3) is 0.143. The Hall–Kier alpha value is -2.13. The lowest BCUT2D eigenvalue weighted by molar-refractivity contribution is 0.0283. The van der Waals surface area contributed by atoms with Crippen molar-refractivity contribution in [1.29, 1.82) is 0 Å². The largest absolute Gasteiger partial charge is 0.383 e. The van der Waals surface area contributed by atoms with Crippen molar-refractivity contribution in [2.45, 2.75) is 18.6 Å². The van der Waals surface area contributed by atoms with Crippen LogP contribution in [0.25, 0.3) is 11.1 Å². The van der Waals surface area contributed by atoms with Gasteiger partial charge in [-0.3, -0.25) is 0 Å². The fourth-order valence-corrected chi connectivity index (χ4v) is 2.93. The van der Waals surface area contributed by atoms with E-state index in [1.165, 1.54) is 0 Å². The van der Waals surface area contributed by atoms with Gasteiger partial charge in [-0.2, -0.15) is 0 Å². The zero-order chi connectivity index (χ0) is 17.2. The third-order valence-corrected chi connectivity index (χ3v) is 4.66. The van der Waals surface area contributed by atoms with Crippen LogP contribution in [0.4, 0.5) is 0 Å². The molecule has 3 rings (SSSR count). The van der Waals surface area contributed by atoms with E-state index < -0.39 is 11.6 Å². The topological polar surface area (TPSA) is 46.2 Å². The van der Waals surface area contributed by atoms with E-state index in [-0.39, 0.29) is 0 Å². The van der Waals surface area contributed by atoms with Crippen LogP contribution in [0.2, 0.25) is 5.02 Å². The Balaban J connectivity index is 1.88. The molecular formula is C21H20ClNO. The van der Waals surface area contributed by atoms with Gasteiger partial charge in [0.25, 0.3) is 0 Å². The molecule has 0 fully saturated rings. The molecule has 0 radical (unpaired) electrons. The summed E-state index contributed by atoms with van der Waals surface area (Å²) in [5.41, 5.74) is 9.01. The Kier molecular flexibility index (Phi) is 4.72. The van der Waals surface area contributed by atoms with Crippen LogP contribution in [0.15, 0.2) is 78.9 Å². The maximum atomic E-state index is 11.0. The van der Waals surface area contributed by atoms with Crippen molar-refractivity contribution in [3.63, 3.8) is 0 Å². The second kappa shape index (κ2) is 6.78. The zero-order valence-corrected chi connectivity index (χ0v) is 14.2. The second-order valence-corrected chi connectivity index (χ2v) is 6.56. The summed E-state index contributed by atoms with van der Waals surface area (Å²) in [4.78, 5) is 0. The van der Waals surface area contributed by atoms with Crippen LogP contribution in [0.1, 0.15) is 24.1 Å². The highest BCUT2D eigenvalue weighted by atomic mass is 35.5. The van der Waals surface area contributed by atoms with Gasteiger partial charge in [0.2, 0.25) is 0 Å². The van der Waals surface area contributed by atoms with Crippen LogP contribution in [-0.4, -0.2) is 5.11 Å². The standard InChI is InChI=1S/C21H20ClNO/c1-21(24,20(23)17-9-13-19(22)14-10-17)18-11-7-16(8-12-18)15-5-3-2-4-6-15/h2-14,20,24H,23H2,1H3. The molecule has 0 heterocycles. The molecule has 3 aromatic carbocycles. The summed E-state index contributed by atoms with van der Waals surface area (Å²) >= 11 is 5.92. The SMILES string of the molecule is CC(O)(c1ccc(-c2ccccc2)cc1)C(N)c1ccc(Cl)cc1. The van der Waals surface area contributed by atoms with Crippen LogP contribution in [0.3, 0.4) is 0 Å². The van der Waals surface area contributed by atoms with E-state index >= 15 is 0 Å². The molecule has 3 aromatic rings. The molecule has 0 bridgehead atoms. The molecule has 2 nitrogen and oxygen atoms in total. The van der Waals surface area contributed by atoms with Crippen molar-refractivity contribution in [3.8, 4) is 11.1 Å². The first kappa shape index (κ1) is 16.7. The summed E-state index contributed by atoms with van der Waals surface area (Å²) in [6.45, 7) is 1.74. The average Bonchev–Trinajstić information content (AvgIpc) is 2.62. The molecule has 0 spiro atoms. The van der Waals surface area contributed by atoms with Gasteiger partial charge in [0.05, 0.1) is 6.04 Å². The van der Waals surface area contributed by atoms with Gasteiger partial charge in [0.15, 0.2) is 0 Å². The van der Waals surface area contributed by atoms with E-state index in [0.29, 0.717) is 5.02 Å². The van der Waals surface area contributed by atoms with Gasteiger partial charge in [0, 0.05) is 5.02 Å². The van der Waals surface area contributed by atoms with Gasteiger partial charge in [-0.25, -0.2) is 0 Å². The first-order chi connectivity index (χ1) is 11.5. The summed E-state index contributed by atoms with van der Waals surface area (Å²) in [5, 5.41) is 11.6. The van der Waals surface area contributed by atoms with Crippen LogP contribution >= 0.6 is 11.6 Å². The number of nitrogens with two attached hydrogens (primary N) is 1. The minimum atomic E-state index is -1.18. The molecule has 0 aliphatic rings. The van der Waals surface area contributed by atoms with Crippen molar-refractivity contribution >= 4 is 11.6 Å². The van der Waals surface area contributed by atoms with Gasteiger partial charge in [-0.15, -0.1) is 0 Å². The summed E-state index contributed by atoms with van der Waals surface area (Å²) in [7, 11) is 0. The third kappa shape index (κ3) is 3.36. The van der Waals surface area contributed by atoms with Crippen molar-refractivity contribution < 1.29 is 5.11 Å². The molecule has 122 valence electrons. The number of rotatable bonds is 4. The van der Waals surface area contributed by atoms with E-state index in [1.807, 2.05) is 54.6 Å². The summed E-state index contributed by atoms with van der Waals surface area (Å²) < 4.78 is 0. The summed E-state index contributed by atoms with van der Waals surface area (Å²) in [5.74, 6) is 0. The van der Waals surface area contributed by atoms with Crippen LogP contribution < -0.4 is 5.73 Å². The zero-order valence-electron chi connectivity index (χ0n) is 13.5. The van der Waals surface area contributed by atoms with Gasteiger partial charge in [-0.1, -0.05) is 78.3 Å². The van der Waals surface area contributed by atoms with E-state index in [2.05, 4.69) is 12.1 Å². The molecular weight excluding hydrogens is 318 g/mol. The van der Waals surface area contributed by atoms with Crippen LogP contribution in [0, 0.1) is 0 Å². The maximum Gasteiger partial charge on any atom is 0.106 e. The quantitative estimate of drug-likeness (QED) is 0.710. The van der Waals surface area contributed by atoms with Gasteiger partial charge in [0.1, 0.15) is 5.60 Å². The van der Waals surface area contributed by atoms with Crippen molar-refractivity contribution in [3.05, 3.63) is 95.0 Å². The third-order valence-electron chi connectivity index (χ3n) is 4.41. The summed E-state index contributed by atoms with van der Waals surface area (Å²) in [6, 6.07) is 24.7. The van der Waals surface area contributed by atoms with Crippen molar-refractivity contribution in [2.75, 3.05) is 0 Å². The number of halogens is 1. The number of hydrogen-bond donors (Lipinski definition) is 2. The van der Waals surface area contributed by atoms with E-state index in [1.54, 1.807) is 19.1 Å². The van der Waals surface area contributed by atoms with E-state index in [0.717, 1.165) is 22.3 Å². The monoisotopic (exact) mass is 337 g/mol. The first-order valence-corrected chi connectivity index (χ1v) is 8.25. The average molecular weight is 338 g/mol. The Morgan fingerprint density at radius 3 is 1.96 bits per heavy atom. The Morgan fingerprint density at radius 2 is 1.38 bits per heavy atom. The van der Waals surface area contributed by atoms with Crippen LogP contribution in [-0.2, 0) is 5.60 Å². The molecule has 0 aliphatic heterocycles. The lowest BCUT2D eigenvalue weighted by Crippen LogP contribution is -2.35. The highest BCUT2D eigenvalue weighted by Gasteiger charge is 2.32. The first-order valence-electron chi connectivity index (χ1n) is 7.88. The number of benzene rings is 3. The molecule has 0 aromatic heterocycles. The van der Waals surface area contributed by atoms with Gasteiger partial charge in [-0.05, 0) is 41.3 Å². The predicted octanol–water partition coefficient (Wildman–Crippen LogP) is 4.91. The molecule has 0 saturated carbocycles. The fourth-order valence-electron chi connectivity index (χ4n) is 2.80. The highest BCUT2D eigenvalue weighted by Crippen LogP contribution is 2.34. The minimum absolute atomic E-state index is 0.544. The van der Waals surface area contributed by atoms with E-state index in [9.17, 15) is 5.11 Å². The minimum Gasteiger partial charge on any atom is -0.383 e. The second-order valence-electron chi connectivity index (χ2n) is 6.12. The molecule has 3 N–H and O–H groups in total. The highest BCUT2D eigenvalue weighted by molar-refractivity contribution is 6.30. The van der Waals surface area contributed by atoms with Crippen LogP contribution in [0.5, 0.6) is 0 Å². The molecule has 0 saturated heterocycles. The lowest BCUT2D eigenvalue weighted by Gasteiger charge is -2.31. The van der Waals surface area contributed by atoms with Gasteiger partial charge >= 0.3 is 0 Å². The molecule has 2 unspecified atom stereocenters. The summed E-state index contributed by atoms with van der Waals surface area (Å²) in [6.07, 6.45) is 0. The Labute approximate surface area is 147 Å². The van der Waals surface area contributed by atoms with E-state index in [4.69, 9.17) is 17.3 Å². The predicted molar refractivity (Wildman–Crippen MR) is 99.8 cm³/mol. The smallest absolute Gasteiger partial charge is 0.106 e. The molecule has 0 aliphatic carbocycles. The molecule has 2 atom stereocenters. The van der Waals surface area contributed by atoms with Crippen molar-refractivity contribution in [1.82, 2.24) is 0 Å². The normalized spacial score (nSPS) is 14.8. The number of aliphatic hydroxyl groups is 1. The number of hydrogen-bond acceptors (Lipinski definition) is 2. The maximum absolute atomic E-state index is 11.0. The lowest BCUT2D eigenvalue weighted by atomic mass is 9.84. The Morgan fingerprint density at radius 1 is 0.833 bits per heavy atom. The Bertz CT molecular complexity index is 796. The molecule has 24 heavy (non-hydrogen) atoms.